The van der Waals surface area contributed by atoms with Crippen LogP contribution in [0.15, 0.2) is 176 Å². The maximum atomic E-state index is 11.5. The molecule has 0 heterocycles. The summed E-state index contributed by atoms with van der Waals surface area (Å²) in [7, 11) is 1.00. The number of carbonyl (C=O) groups excluding carboxylic acids is 6. The molecule has 0 aromatic heterocycles. The van der Waals surface area contributed by atoms with Gasteiger partial charge in [0.15, 0.2) is 28.8 Å². The van der Waals surface area contributed by atoms with Gasteiger partial charge in [0, 0.05) is 73.7 Å². The number of esters is 5. The van der Waals surface area contributed by atoms with Crippen molar-refractivity contribution in [3.05, 3.63) is 189 Å². The summed E-state index contributed by atoms with van der Waals surface area (Å²) in [5.41, 5.74) is 11.1. The molecule has 22 heteroatoms. The standard InChI is InChI=1S/C35H43NO3S.C19H24O4.C15H18O2.2C13H23N.C8H8O2S.C6H6OS.C4H6O3.CH4O/c1-21-29-24(17-25(38)30(21)39)33(4)14-16-35(6)28-19-31(2,20-36)11-12-32(28,3)13-15-34(35,5)27(33)18-26(29)40-23-9-7-22(37)8-10-23;1-6-11(2)16-8-7-15-9-18(22-13(4)20)19(23-14(5)21)10-17(15)12(16)3;1-4-9(2)12-6-5-11-7-14(16)15(17)8-13(11)10(12)3;2*1-5-10(2)12-8-13(4,9-14)7-6-11(12)3;1-6(9)10-7-2-4-8(11)5-3-7;7-5-1-3-6(8)4-2-5;1-3(5)7-4(2)6;1-2/h7-10,17-18,26,28,37-39H,11-16,19H2,1-6H3;8-12H,6-7H2,1-5H3;5-10,16H,4H2,1-3H3;2*10-12H,5-8H2,1-4H3;2-5,11H,1H3;1-4,7-8H;1-2H3;2H,1H3/t26?,28-,31-,32-,33+,34-,35+;11-,12-;9-,10-;2*10-,11-,12+,13-;;;;/m10011..../s1. The predicted molar refractivity (Wildman–Crippen MR) is 548 cm³/mol. The lowest BCUT2D eigenvalue weighted by Crippen LogP contribution is -2.62. The zero-order valence-electron chi connectivity index (χ0n) is 85.7. The van der Waals surface area contributed by atoms with E-state index in [-0.39, 0.29) is 95.5 Å². The van der Waals surface area contributed by atoms with Crippen LogP contribution in [-0.4, -0.2) is 73.4 Å². The van der Waals surface area contributed by atoms with Crippen LogP contribution in [0.25, 0.3) is 0 Å². The zero-order chi connectivity index (χ0) is 102. The van der Waals surface area contributed by atoms with E-state index in [1.54, 1.807) is 84.6 Å². The lowest BCUT2D eigenvalue weighted by atomic mass is 9.34. The first kappa shape index (κ1) is 115. The van der Waals surface area contributed by atoms with Crippen molar-refractivity contribution in [1.29, 1.82) is 15.8 Å². The number of rotatable bonds is 13. The molecular weight excluding hydrogens is 1760 g/mol. The van der Waals surface area contributed by atoms with E-state index < -0.39 is 23.9 Å². The summed E-state index contributed by atoms with van der Waals surface area (Å²) in [6, 6.07) is 34.2. The molecule has 0 aliphatic heterocycles. The van der Waals surface area contributed by atoms with Gasteiger partial charge in [0.05, 0.1) is 39.7 Å². The van der Waals surface area contributed by atoms with Crippen molar-refractivity contribution < 1.29 is 78.4 Å². The number of fused-ring (bicyclic) bond motifs is 9. The number of carbonyl (C=O) groups is 6. The number of nitrogens with zero attached hydrogens (tertiary/aromatic N) is 3. The van der Waals surface area contributed by atoms with E-state index in [0.717, 1.165) is 180 Å². The van der Waals surface area contributed by atoms with Crippen molar-refractivity contribution in [3.8, 4) is 58.5 Å². The minimum Gasteiger partial charge on any atom is -0.508 e. The van der Waals surface area contributed by atoms with Crippen molar-refractivity contribution in [2.45, 2.75) is 320 Å². The van der Waals surface area contributed by atoms with E-state index >= 15 is 0 Å². The third kappa shape index (κ3) is 29.2. The minimum atomic E-state index is -0.562. The largest absolute Gasteiger partial charge is 0.508 e. The molecule has 1 unspecified atom stereocenters. The fraction of sp³-hybridized carbons (Fsp3) is 0.553. The van der Waals surface area contributed by atoms with Crippen LogP contribution in [0.4, 0.5) is 0 Å². The molecule has 5 aromatic carbocycles. The Kier molecular flexibility index (Phi) is 42.4. The van der Waals surface area contributed by atoms with Gasteiger partial charge in [0.25, 0.3) is 0 Å². The molecule has 6 N–H and O–H groups in total. The number of phenolic OH excluding ortho intramolecular Hbond substituents is 4. The SMILES string of the molecule is CC(=O)OC(C)=O.CC(=O)Oc1ccc(S)cc1.CC[C@@H](C)[C@@H]1C[C@](C)(C#N)CC[C@H]1C.CC[C@@H](C)[C@@H]1C[C@](C)(C#N)CC[C@H]1C.CC[C@H](C)C1=CC=C2C=C(O)C(=O)C=C2[C@H]1C.CC[C@H](C)C1=CCc2cc(OC(C)=O)c(OC(C)=O)cc2[C@H]1C.CO.Cc1c(O)c(O)cc2c1C(Sc1ccc(O)cc1)C=C1[C@@]2(C)CC[C@@]2(C)[C@@H]3C[C@](C)(C#N)CC[C@]3(C)CC[C@]12C.Oc1ccc(S)cc1. The van der Waals surface area contributed by atoms with E-state index in [1.165, 1.54) is 83.4 Å². The van der Waals surface area contributed by atoms with Crippen molar-refractivity contribution in [1.82, 2.24) is 0 Å². The Morgan fingerprint density at radius 2 is 1.01 bits per heavy atom. The van der Waals surface area contributed by atoms with Crippen LogP contribution in [0.5, 0.6) is 40.2 Å². The monoisotopic (exact) mass is 1920 g/mol. The summed E-state index contributed by atoms with van der Waals surface area (Å²) in [6.45, 7) is 51.6. The van der Waals surface area contributed by atoms with E-state index in [9.17, 15) is 54.5 Å². The van der Waals surface area contributed by atoms with E-state index in [2.05, 4.69) is 198 Å². The van der Waals surface area contributed by atoms with Crippen LogP contribution >= 0.6 is 37.0 Å². The highest BCUT2D eigenvalue weighted by Gasteiger charge is 2.67. The Balaban J connectivity index is 0.000000255. The molecule has 9 aliphatic carbocycles. The van der Waals surface area contributed by atoms with Gasteiger partial charge in [0.2, 0.25) is 5.78 Å². The molecule has 0 spiro atoms. The molecule has 5 saturated carbocycles. The quantitative estimate of drug-likeness (QED) is 0.0136. The average Bonchev–Trinajstić information content (AvgIpc) is 0.672. The van der Waals surface area contributed by atoms with Crippen molar-refractivity contribution >= 4 is 72.6 Å². The molecule has 14 rings (SSSR count). The number of thioether (sulfide) groups is 1. The number of phenols is 4. The third-order valence-electron chi connectivity index (χ3n) is 31.3. The number of aliphatic hydroxyl groups is 2. The number of hydrogen-bond acceptors (Lipinski definition) is 22. The minimum absolute atomic E-state index is 0.0302. The Bertz CT molecular complexity index is 5250. The maximum Gasteiger partial charge on any atom is 0.310 e. The van der Waals surface area contributed by atoms with Crippen LogP contribution in [-0.2, 0) is 45.3 Å². The Labute approximate surface area is 827 Å². The molecule has 740 valence electrons. The lowest BCUT2D eigenvalue weighted by Gasteiger charge is -2.70. The maximum absolute atomic E-state index is 11.5. The van der Waals surface area contributed by atoms with Crippen LogP contribution in [0.2, 0.25) is 0 Å². The number of aromatic hydroxyl groups is 4. The van der Waals surface area contributed by atoms with Gasteiger partial charge in [-0.3, -0.25) is 28.8 Å². The lowest BCUT2D eigenvalue weighted by molar-refractivity contribution is -0.156. The van der Waals surface area contributed by atoms with E-state index in [0.29, 0.717) is 35.0 Å². The van der Waals surface area contributed by atoms with Crippen LogP contribution in [0.3, 0.4) is 0 Å². The first-order chi connectivity index (χ1) is 63.7. The Morgan fingerprint density at radius 3 is 1.48 bits per heavy atom. The van der Waals surface area contributed by atoms with E-state index in [4.69, 9.17) is 34.9 Å². The fourth-order valence-corrected chi connectivity index (χ4v) is 23.5. The molecule has 5 aromatic rings. The zero-order valence-corrected chi connectivity index (χ0v) is 88.3. The smallest absolute Gasteiger partial charge is 0.310 e. The van der Waals surface area contributed by atoms with Gasteiger partial charge in [-0.15, -0.1) is 37.0 Å². The van der Waals surface area contributed by atoms with Gasteiger partial charge < -0.3 is 49.6 Å². The van der Waals surface area contributed by atoms with Crippen LogP contribution < -0.4 is 14.2 Å². The molecular formula is C114H155N3O16S3. The van der Waals surface area contributed by atoms with Crippen LogP contribution in [0, 0.1) is 133 Å². The number of nitriles is 3. The summed E-state index contributed by atoms with van der Waals surface area (Å²) in [5.74, 6) is 5.61. The highest BCUT2D eigenvalue weighted by atomic mass is 32.2. The Morgan fingerprint density at radius 1 is 0.544 bits per heavy atom. The number of ether oxygens (including phenoxy) is 4. The number of allylic oxidation sites excluding steroid dienone is 10. The molecule has 136 heavy (non-hydrogen) atoms. The van der Waals surface area contributed by atoms with Gasteiger partial charge in [0.1, 0.15) is 17.2 Å². The molecule has 0 amide bonds. The molecule has 0 bridgehead atoms. The van der Waals surface area contributed by atoms with Crippen LogP contribution in [0.1, 0.15) is 314 Å². The summed E-state index contributed by atoms with van der Waals surface area (Å²) in [6.07, 6.45) is 31.8. The first-order valence-corrected chi connectivity index (χ1v) is 50.4. The summed E-state index contributed by atoms with van der Waals surface area (Å²) >= 11 is 9.84. The number of benzene rings is 5. The Hall–Kier alpha value is -9.76. The van der Waals surface area contributed by atoms with Crippen molar-refractivity contribution in [2.24, 2.45) is 91.7 Å². The molecule has 0 saturated heterocycles. The normalized spacial score (nSPS) is 28.0. The molecule has 9 aliphatic rings. The highest BCUT2D eigenvalue weighted by Crippen LogP contribution is 2.76. The van der Waals surface area contributed by atoms with Gasteiger partial charge in [-0.05, 0) is 342 Å². The second-order valence-corrected chi connectivity index (χ2v) is 43.4. The third-order valence-corrected chi connectivity index (χ3v) is 33.1. The van der Waals surface area contributed by atoms with Gasteiger partial charge >= 0.3 is 29.8 Å². The second kappa shape index (κ2) is 50.2. The number of aliphatic hydroxyl groups excluding tert-OH is 2. The fourth-order valence-electron chi connectivity index (χ4n) is 22.0. The topological polar surface area (TPSA) is 332 Å². The van der Waals surface area contributed by atoms with Gasteiger partial charge in [-0.25, -0.2) is 0 Å². The summed E-state index contributed by atoms with van der Waals surface area (Å²) in [5, 5.41) is 85.2. The second-order valence-electron chi connectivity index (χ2n) is 41.1. The summed E-state index contributed by atoms with van der Waals surface area (Å²) < 4.78 is 19.2. The molecule has 19 nitrogen and oxygen atoms in total. The number of hydrogen-bond donors (Lipinski definition) is 8. The van der Waals surface area contributed by atoms with Crippen molar-refractivity contribution in [2.75, 3.05) is 7.11 Å². The number of ketones is 1. The average molecular weight is 1920 g/mol. The molecule has 0 radical (unpaired) electrons. The molecule has 19 atom stereocenters. The van der Waals surface area contributed by atoms with Crippen molar-refractivity contribution in [3.63, 3.8) is 0 Å². The number of thiol groups is 2. The van der Waals surface area contributed by atoms with Gasteiger partial charge in [-0.1, -0.05) is 165 Å². The predicted octanol–water partition coefficient (Wildman–Crippen LogP) is 28.0. The van der Waals surface area contributed by atoms with Gasteiger partial charge in [-0.2, -0.15) is 15.8 Å². The highest BCUT2D eigenvalue weighted by molar-refractivity contribution is 7.99. The summed E-state index contributed by atoms with van der Waals surface area (Å²) in [4.78, 5) is 67.0. The molecule has 5 fully saturated rings. The van der Waals surface area contributed by atoms with E-state index in [1.807, 2.05) is 43.3 Å². The first-order valence-electron chi connectivity index (χ1n) is 48.6.